The molecule has 0 bridgehead atoms. The van der Waals surface area contributed by atoms with Gasteiger partial charge in [-0.2, -0.15) is 0 Å². The van der Waals surface area contributed by atoms with Crippen LogP contribution in [0.3, 0.4) is 0 Å². The second kappa shape index (κ2) is 8.74. The molecule has 10 nitrogen and oxygen atoms in total. The number of carbonyl (C=O) groups excluding carboxylic acids is 2. The zero-order valence-electron chi connectivity index (χ0n) is 18.4. The summed E-state index contributed by atoms with van der Waals surface area (Å²) in [6, 6.07) is 6.72. The van der Waals surface area contributed by atoms with Gasteiger partial charge in [-0.15, -0.1) is 0 Å². The number of benzene rings is 1. The molecule has 0 aliphatic carbocycles. The van der Waals surface area contributed by atoms with Crippen LogP contribution in [-0.4, -0.2) is 63.5 Å². The number of amides is 3. The molecule has 1 fully saturated rings. The molecule has 3 aromatic rings. The van der Waals surface area contributed by atoms with Crippen molar-refractivity contribution >= 4 is 40.2 Å². The maximum Gasteiger partial charge on any atom is 0.322 e. The Morgan fingerprint density at radius 1 is 1.25 bits per heavy atom. The van der Waals surface area contributed by atoms with Gasteiger partial charge in [0.15, 0.2) is 0 Å². The number of nitrogens with two attached hydrogens (primary N) is 1. The molecular weight excluding hydrogens is 408 g/mol. The predicted molar refractivity (Wildman–Crippen MR) is 125 cm³/mol. The third-order valence-corrected chi connectivity index (χ3v) is 5.46. The van der Waals surface area contributed by atoms with E-state index < -0.39 is 0 Å². The van der Waals surface area contributed by atoms with Crippen LogP contribution in [0.25, 0.3) is 11.0 Å². The van der Waals surface area contributed by atoms with E-state index in [9.17, 15) is 9.59 Å². The molecule has 1 saturated heterocycles. The molecule has 0 radical (unpaired) electrons. The van der Waals surface area contributed by atoms with Crippen molar-refractivity contribution in [2.24, 2.45) is 0 Å². The average Bonchev–Trinajstić information content (AvgIpc) is 3.14. The van der Waals surface area contributed by atoms with E-state index in [1.165, 1.54) is 6.33 Å². The number of aromatic nitrogens is 3. The van der Waals surface area contributed by atoms with Crippen LogP contribution in [0.1, 0.15) is 31.1 Å². The predicted octanol–water partition coefficient (Wildman–Crippen LogP) is 2.42. The molecule has 168 valence electrons. The molecular formula is C22H28N8O2. The standard InChI is InChI=1S/C22H28N8O2/c1-13(2)27-21(31)15-5-4-6-16(9-15)28-22(32)30-8-7-29(11-14(30)3)20-18-17(23)10-24-19(18)25-12-26-20/h4-6,9-10,12-14H,7-8,11,23H2,1-3H3,(H,27,31)(H,28,32)(H,24,25,26)/t14-/m0/s1. The molecule has 4 rings (SSSR count). The van der Waals surface area contributed by atoms with E-state index in [1.54, 1.807) is 35.4 Å². The first-order chi connectivity index (χ1) is 15.3. The summed E-state index contributed by atoms with van der Waals surface area (Å²) in [4.78, 5) is 40.8. The quantitative estimate of drug-likeness (QED) is 0.497. The molecule has 0 spiro atoms. The second-order valence-electron chi connectivity index (χ2n) is 8.29. The van der Waals surface area contributed by atoms with E-state index in [1.807, 2.05) is 20.8 Å². The number of nitrogens with one attached hydrogen (secondary N) is 3. The monoisotopic (exact) mass is 436 g/mol. The minimum atomic E-state index is -0.201. The molecule has 1 aliphatic heterocycles. The molecule has 1 atom stereocenters. The van der Waals surface area contributed by atoms with Crippen molar-refractivity contribution in [1.29, 1.82) is 0 Å². The first kappa shape index (κ1) is 21.4. The highest BCUT2D eigenvalue weighted by Crippen LogP contribution is 2.29. The van der Waals surface area contributed by atoms with Gasteiger partial charge in [0.25, 0.3) is 5.91 Å². The second-order valence-corrected chi connectivity index (χ2v) is 8.29. The Labute approximate surface area is 186 Å². The molecule has 0 unspecified atom stereocenters. The number of hydrogen-bond acceptors (Lipinski definition) is 6. The highest BCUT2D eigenvalue weighted by molar-refractivity contribution is 5.98. The minimum Gasteiger partial charge on any atom is -0.397 e. The SMILES string of the molecule is CC(C)NC(=O)c1cccc(NC(=O)N2CCN(c3ncnc4[nH]cc(N)c34)C[C@@H]2C)c1. The maximum atomic E-state index is 13.0. The summed E-state index contributed by atoms with van der Waals surface area (Å²) in [5.74, 6) is 0.600. The van der Waals surface area contributed by atoms with Crippen LogP contribution >= 0.6 is 0 Å². The van der Waals surface area contributed by atoms with Crippen LogP contribution in [0.4, 0.5) is 22.0 Å². The number of fused-ring (bicyclic) bond motifs is 1. The lowest BCUT2D eigenvalue weighted by molar-refractivity contribution is 0.0943. The first-order valence-corrected chi connectivity index (χ1v) is 10.6. The van der Waals surface area contributed by atoms with E-state index in [-0.39, 0.29) is 24.0 Å². The van der Waals surface area contributed by atoms with Crippen molar-refractivity contribution in [3.05, 3.63) is 42.4 Å². The van der Waals surface area contributed by atoms with E-state index in [0.717, 1.165) is 11.2 Å². The topological polar surface area (TPSA) is 132 Å². The molecule has 3 amide bonds. The van der Waals surface area contributed by atoms with Crippen LogP contribution in [0.15, 0.2) is 36.8 Å². The number of nitrogen functional groups attached to an aromatic ring is 1. The van der Waals surface area contributed by atoms with Crippen LogP contribution in [0.2, 0.25) is 0 Å². The number of hydrogen-bond donors (Lipinski definition) is 4. The van der Waals surface area contributed by atoms with Crippen molar-refractivity contribution in [2.75, 3.05) is 35.6 Å². The number of carbonyl (C=O) groups is 2. The van der Waals surface area contributed by atoms with Crippen molar-refractivity contribution in [3.63, 3.8) is 0 Å². The van der Waals surface area contributed by atoms with E-state index in [2.05, 4.69) is 30.5 Å². The van der Waals surface area contributed by atoms with Crippen LogP contribution in [0, 0.1) is 0 Å². The molecule has 3 heterocycles. The van der Waals surface area contributed by atoms with Gasteiger partial charge in [-0.25, -0.2) is 14.8 Å². The number of H-pyrrole nitrogens is 1. The summed E-state index contributed by atoms with van der Waals surface area (Å²) in [6.45, 7) is 7.56. The first-order valence-electron chi connectivity index (χ1n) is 10.6. The highest BCUT2D eigenvalue weighted by atomic mass is 16.2. The lowest BCUT2D eigenvalue weighted by Crippen LogP contribution is -2.55. The fourth-order valence-electron chi connectivity index (χ4n) is 3.94. The number of aromatic amines is 1. The Hall–Kier alpha value is -3.82. The van der Waals surface area contributed by atoms with Gasteiger partial charge in [-0.05, 0) is 39.0 Å². The summed E-state index contributed by atoms with van der Waals surface area (Å²) in [5, 5.41) is 6.57. The molecule has 10 heteroatoms. The summed E-state index contributed by atoms with van der Waals surface area (Å²) in [6.07, 6.45) is 3.23. The zero-order valence-corrected chi connectivity index (χ0v) is 18.4. The fraction of sp³-hybridized carbons (Fsp3) is 0.364. The van der Waals surface area contributed by atoms with Gasteiger partial charge in [-0.1, -0.05) is 6.07 Å². The number of piperazine rings is 1. The van der Waals surface area contributed by atoms with E-state index in [0.29, 0.717) is 42.2 Å². The minimum absolute atomic E-state index is 0.0376. The van der Waals surface area contributed by atoms with Crippen LogP contribution < -0.4 is 21.3 Å². The fourth-order valence-corrected chi connectivity index (χ4v) is 3.94. The van der Waals surface area contributed by atoms with Crippen molar-refractivity contribution in [2.45, 2.75) is 32.9 Å². The van der Waals surface area contributed by atoms with E-state index >= 15 is 0 Å². The number of urea groups is 1. The van der Waals surface area contributed by atoms with Gasteiger partial charge in [0.05, 0.1) is 11.1 Å². The molecule has 0 saturated carbocycles. The zero-order chi connectivity index (χ0) is 22.8. The third-order valence-electron chi connectivity index (χ3n) is 5.46. The summed E-state index contributed by atoms with van der Waals surface area (Å²) in [7, 11) is 0. The summed E-state index contributed by atoms with van der Waals surface area (Å²) >= 11 is 0. The Bertz CT molecular complexity index is 1140. The van der Waals surface area contributed by atoms with E-state index in [4.69, 9.17) is 5.73 Å². The number of anilines is 3. The molecule has 2 aromatic heterocycles. The largest absolute Gasteiger partial charge is 0.397 e. The Morgan fingerprint density at radius 3 is 2.81 bits per heavy atom. The van der Waals surface area contributed by atoms with Crippen molar-refractivity contribution < 1.29 is 9.59 Å². The van der Waals surface area contributed by atoms with Crippen molar-refractivity contribution in [1.82, 2.24) is 25.2 Å². The molecule has 1 aliphatic rings. The van der Waals surface area contributed by atoms with Gasteiger partial charge < -0.3 is 31.2 Å². The van der Waals surface area contributed by atoms with Gasteiger partial charge >= 0.3 is 6.03 Å². The maximum absolute atomic E-state index is 13.0. The molecule has 5 N–H and O–H groups in total. The Kier molecular flexibility index (Phi) is 5.85. The van der Waals surface area contributed by atoms with Gasteiger partial charge in [0.2, 0.25) is 0 Å². The Morgan fingerprint density at radius 2 is 2.06 bits per heavy atom. The highest BCUT2D eigenvalue weighted by Gasteiger charge is 2.29. The van der Waals surface area contributed by atoms with Gasteiger partial charge in [-0.3, -0.25) is 4.79 Å². The van der Waals surface area contributed by atoms with Gasteiger partial charge in [0.1, 0.15) is 17.8 Å². The third kappa shape index (κ3) is 4.29. The average molecular weight is 437 g/mol. The molecule has 32 heavy (non-hydrogen) atoms. The van der Waals surface area contributed by atoms with Gasteiger partial charge in [0, 0.05) is 49.2 Å². The van der Waals surface area contributed by atoms with Crippen LogP contribution in [0.5, 0.6) is 0 Å². The summed E-state index contributed by atoms with van der Waals surface area (Å²) in [5.41, 5.74) is 8.48. The Balaban J connectivity index is 1.43. The lowest BCUT2D eigenvalue weighted by atomic mass is 10.1. The molecule has 1 aromatic carbocycles. The normalized spacial score (nSPS) is 16.4. The lowest BCUT2D eigenvalue weighted by Gasteiger charge is -2.40. The summed E-state index contributed by atoms with van der Waals surface area (Å²) < 4.78 is 0. The smallest absolute Gasteiger partial charge is 0.322 e. The van der Waals surface area contributed by atoms with Crippen LogP contribution in [-0.2, 0) is 0 Å². The van der Waals surface area contributed by atoms with Crippen molar-refractivity contribution in [3.8, 4) is 0 Å². The number of nitrogens with zero attached hydrogens (tertiary/aromatic N) is 4. The number of rotatable bonds is 4.